The number of amides is 2. The molecule has 6 nitrogen and oxygen atoms in total. The highest BCUT2D eigenvalue weighted by Crippen LogP contribution is 2.32. The van der Waals surface area contributed by atoms with Gasteiger partial charge in [0.05, 0.1) is 6.61 Å². The molecular formula is C19H22N2O4. The number of hydrogen-bond acceptors (Lipinski definition) is 4. The Bertz CT molecular complexity index is 733. The van der Waals surface area contributed by atoms with Crippen molar-refractivity contribution in [3.8, 4) is 17.2 Å². The van der Waals surface area contributed by atoms with Gasteiger partial charge in [-0.2, -0.15) is 0 Å². The summed E-state index contributed by atoms with van der Waals surface area (Å²) >= 11 is 0. The van der Waals surface area contributed by atoms with Crippen molar-refractivity contribution in [1.82, 2.24) is 5.32 Å². The molecule has 0 spiro atoms. The molecule has 0 saturated heterocycles. The van der Waals surface area contributed by atoms with Crippen LogP contribution in [0, 0.1) is 0 Å². The number of carbonyl (C=O) groups is 1. The van der Waals surface area contributed by atoms with E-state index in [1.165, 1.54) is 0 Å². The minimum absolute atomic E-state index is 0.242. The van der Waals surface area contributed by atoms with Gasteiger partial charge in [0, 0.05) is 18.3 Å². The largest absolute Gasteiger partial charge is 0.494 e. The maximum Gasteiger partial charge on any atom is 0.319 e. The van der Waals surface area contributed by atoms with Crippen LogP contribution in [-0.2, 0) is 6.42 Å². The Balaban J connectivity index is 1.45. The van der Waals surface area contributed by atoms with Crippen LogP contribution in [0.2, 0.25) is 0 Å². The highest BCUT2D eigenvalue weighted by atomic mass is 16.7. The van der Waals surface area contributed by atoms with Gasteiger partial charge in [0.25, 0.3) is 0 Å². The molecule has 0 saturated carbocycles. The maximum atomic E-state index is 12.0. The van der Waals surface area contributed by atoms with E-state index in [1.807, 2.05) is 42.5 Å². The van der Waals surface area contributed by atoms with Crippen molar-refractivity contribution in [2.45, 2.75) is 19.8 Å². The topological polar surface area (TPSA) is 68.8 Å². The zero-order valence-corrected chi connectivity index (χ0v) is 14.2. The maximum absolute atomic E-state index is 12.0. The average molecular weight is 342 g/mol. The summed E-state index contributed by atoms with van der Waals surface area (Å²) in [6.07, 6.45) is 1.65. The SMILES string of the molecule is CCCOc1cccc(NC(=O)NCCc2ccc3c(c2)OCO3)c1. The van der Waals surface area contributed by atoms with Crippen LogP contribution >= 0.6 is 0 Å². The molecule has 0 aromatic heterocycles. The van der Waals surface area contributed by atoms with Gasteiger partial charge in [0.2, 0.25) is 6.79 Å². The molecule has 0 radical (unpaired) electrons. The van der Waals surface area contributed by atoms with Crippen molar-refractivity contribution in [2.75, 3.05) is 25.3 Å². The van der Waals surface area contributed by atoms with Crippen LogP contribution in [0.1, 0.15) is 18.9 Å². The Morgan fingerprint density at radius 1 is 1.16 bits per heavy atom. The molecule has 3 rings (SSSR count). The zero-order valence-electron chi connectivity index (χ0n) is 14.2. The van der Waals surface area contributed by atoms with Crippen molar-refractivity contribution in [2.24, 2.45) is 0 Å². The third-order valence-corrected chi connectivity index (χ3v) is 3.70. The molecule has 0 aliphatic carbocycles. The molecule has 2 N–H and O–H groups in total. The number of ether oxygens (including phenoxy) is 3. The van der Waals surface area contributed by atoms with E-state index in [9.17, 15) is 4.79 Å². The number of urea groups is 1. The van der Waals surface area contributed by atoms with Crippen molar-refractivity contribution in [3.05, 3.63) is 48.0 Å². The van der Waals surface area contributed by atoms with E-state index in [0.29, 0.717) is 25.3 Å². The smallest absolute Gasteiger partial charge is 0.319 e. The molecule has 2 aromatic carbocycles. The fraction of sp³-hybridized carbons (Fsp3) is 0.316. The number of benzene rings is 2. The zero-order chi connectivity index (χ0) is 17.5. The molecule has 0 bridgehead atoms. The lowest BCUT2D eigenvalue weighted by atomic mass is 10.1. The minimum atomic E-state index is -0.242. The van der Waals surface area contributed by atoms with Gasteiger partial charge in [0.1, 0.15) is 5.75 Å². The molecular weight excluding hydrogens is 320 g/mol. The summed E-state index contributed by atoms with van der Waals surface area (Å²) in [4.78, 5) is 12.0. The Labute approximate surface area is 147 Å². The van der Waals surface area contributed by atoms with E-state index in [1.54, 1.807) is 0 Å². The first-order chi connectivity index (χ1) is 12.2. The fourth-order valence-corrected chi connectivity index (χ4v) is 2.48. The normalized spacial score (nSPS) is 11.9. The van der Waals surface area contributed by atoms with E-state index >= 15 is 0 Å². The van der Waals surface area contributed by atoms with Crippen LogP contribution in [0.5, 0.6) is 17.2 Å². The van der Waals surface area contributed by atoms with E-state index in [2.05, 4.69) is 17.6 Å². The summed E-state index contributed by atoms with van der Waals surface area (Å²) < 4.78 is 16.2. The van der Waals surface area contributed by atoms with Gasteiger partial charge in [0.15, 0.2) is 11.5 Å². The lowest BCUT2D eigenvalue weighted by molar-refractivity contribution is 0.174. The lowest BCUT2D eigenvalue weighted by Crippen LogP contribution is -2.30. The fourth-order valence-electron chi connectivity index (χ4n) is 2.48. The standard InChI is InChI=1S/C19H22N2O4/c1-2-10-23-16-5-3-4-15(12-16)21-19(22)20-9-8-14-6-7-17-18(11-14)25-13-24-17/h3-7,11-12H,2,8-10,13H2,1H3,(H2,20,21,22). The molecule has 132 valence electrons. The van der Waals surface area contributed by atoms with E-state index in [0.717, 1.165) is 29.2 Å². The molecule has 2 amide bonds. The van der Waals surface area contributed by atoms with Crippen LogP contribution in [0.3, 0.4) is 0 Å². The molecule has 0 fully saturated rings. The monoisotopic (exact) mass is 342 g/mol. The van der Waals surface area contributed by atoms with Gasteiger partial charge in [-0.15, -0.1) is 0 Å². The average Bonchev–Trinajstić information content (AvgIpc) is 3.08. The van der Waals surface area contributed by atoms with E-state index in [4.69, 9.17) is 14.2 Å². The summed E-state index contributed by atoms with van der Waals surface area (Å²) in [5.41, 5.74) is 1.79. The number of fused-ring (bicyclic) bond motifs is 1. The van der Waals surface area contributed by atoms with E-state index in [-0.39, 0.29) is 12.8 Å². The van der Waals surface area contributed by atoms with Crippen LogP contribution in [-0.4, -0.2) is 26.0 Å². The second-order valence-electron chi connectivity index (χ2n) is 5.69. The van der Waals surface area contributed by atoms with Crippen LogP contribution < -0.4 is 24.8 Å². The molecule has 0 atom stereocenters. The third kappa shape index (κ3) is 4.79. The van der Waals surface area contributed by atoms with E-state index < -0.39 is 0 Å². The van der Waals surface area contributed by atoms with Crippen molar-refractivity contribution in [3.63, 3.8) is 0 Å². The number of carbonyl (C=O) groups excluding carboxylic acids is 1. The Hall–Kier alpha value is -2.89. The minimum Gasteiger partial charge on any atom is -0.494 e. The van der Waals surface area contributed by atoms with Crippen LogP contribution in [0.15, 0.2) is 42.5 Å². The Morgan fingerprint density at radius 3 is 2.92 bits per heavy atom. The highest BCUT2D eigenvalue weighted by molar-refractivity contribution is 5.89. The molecule has 1 aliphatic heterocycles. The Kier molecular flexibility index (Phi) is 5.61. The van der Waals surface area contributed by atoms with Crippen molar-refractivity contribution < 1.29 is 19.0 Å². The number of anilines is 1. The first-order valence-electron chi connectivity index (χ1n) is 8.41. The Morgan fingerprint density at radius 2 is 2.04 bits per heavy atom. The van der Waals surface area contributed by atoms with Gasteiger partial charge in [-0.1, -0.05) is 19.1 Å². The summed E-state index contributed by atoms with van der Waals surface area (Å²) in [5, 5.41) is 5.66. The van der Waals surface area contributed by atoms with Gasteiger partial charge < -0.3 is 24.8 Å². The number of rotatable bonds is 7. The molecule has 0 unspecified atom stereocenters. The van der Waals surface area contributed by atoms with Gasteiger partial charge in [-0.25, -0.2) is 4.79 Å². The molecule has 6 heteroatoms. The number of hydrogen-bond donors (Lipinski definition) is 2. The van der Waals surface area contributed by atoms with Crippen molar-refractivity contribution in [1.29, 1.82) is 0 Å². The molecule has 2 aromatic rings. The predicted octanol–water partition coefficient (Wildman–Crippen LogP) is 3.57. The predicted molar refractivity (Wildman–Crippen MR) is 95.5 cm³/mol. The molecule has 25 heavy (non-hydrogen) atoms. The van der Waals surface area contributed by atoms with Crippen molar-refractivity contribution >= 4 is 11.7 Å². The number of nitrogens with one attached hydrogen (secondary N) is 2. The van der Waals surface area contributed by atoms with Gasteiger partial charge in [-0.05, 0) is 42.7 Å². The second kappa shape index (κ2) is 8.28. The summed E-state index contributed by atoms with van der Waals surface area (Å²) in [5.74, 6) is 2.27. The molecule has 1 heterocycles. The summed E-state index contributed by atoms with van der Waals surface area (Å²) in [6, 6.07) is 12.9. The van der Waals surface area contributed by atoms with Gasteiger partial charge >= 0.3 is 6.03 Å². The lowest BCUT2D eigenvalue weighted by Gasteiger charge is -2.10. The highest BCUT2D eigenvalue weighted by Gasteiger charge is 2.13. The first-order valence-corrected chi connectivity index (χ1v) is 8.41. The summed E-state index contributed by atoms with van der Waals surface area (Å²) in [7, 11) is 0. The quantitative estimate of drug-likeness (QED) is 0.807. The third-order valence-electron chi connectivity index (χ3n) is 3.70. The first kappa shape index (κ1) is 17.0. The van der Waals surface area contributed by atoms with Gasteiger partial charge in [-0.3, -0.25) is 0 Å². The van der Waals surface area contributed by atoms with Crippen LogP contribution in [0.4, 0.5) is 10.5 Å². The summed E-state index contributed by atoms with van der Waals surface area (Å²) in [6.45, 7) is 3.50. The molecule has 1 aliphatic rings. The second-order valence-corrected chi connectivity index (χ2v) is 5.69. The van der Waals surface area contributed by atoms with Crippen LogP contribution in [0.25, 0.3) is 0 Å².